The highest BCUT2D eigenvalue weighted by Crippen LogP contribution is 2.31. The van der Waals surface area contributed by atoms with Gasteiger partial charge in [-0.15, -0.1) is 16.4 Å². The zero-order valence-corrected chi connectivity index (χ0v) is 12.0. The Morgan fingerprint density at radius 1 is 1.58 bits per heavy atom. The molecule has 2 aromatic rings. The average Bonchev–Trinajstić information content (AvgIpc) is 2.74. The van der Waals surface area contributed by atoms with E-state index in [0.717, 1.165) is 24.6 Å². The van der Waals surface area contributed by atoms with Crippen molar-refractivity contribution in [1.29, 1.82) is 0 Å². The first kappa shape index (κ1) is 13.7. The van der Waals surface area contributed by atoms with Crippen LogP contribution in [0.15, 0.2) is 12.3 Å². The van der Waals surface area contributed by atoms with Crippen LogP contribution in [0.1, 0.15) is 42.8 Å². The predicted octanol–water partition coefficient (Wildman–Crippen LogP) is 2.58. The minimum Gasteiger partial charge on any atom is -0.397 e. The molecule has 5 nitrogen and oxygen atoms in total. The van der Waals surface area contributed by atoms with Crippen LogP contribution < -0.4 is 11.1 Å². The van der Waals surface area contributed by atoms with Crippen LogP contribution in [-0.4, -0.2) is 22.1 Å². The number of hydrogen-bond acceptors (Lipinski definition) is 5. The van der Waals surface area contributed by atoms with Gasteiger partial charge in [0.05, 0.1) is 11.9 Å². The smallest absolute Gasteiger partial charge is 0.263 e. The summed E-state index contributed by atoms with van der Waals surface area (Å²) in [6.07, 6.45) is 4.79. The molecule has 1 amide bonds. The number of rotatable bonds is 5. The van der Waals surface area contributed by atoms with Gasteiger partial charge >= 0.3 is 0 Å². The van der Waals surface area contributed by atoms with Crippen molar-refractivity contribution in [3.63, 3.8) is 0 Å². The number of nitrogens with one attached hydrogen (secondary N) is 1. The van der Waals surface area contributed by atoms with E-state index in [0.29, 0.717) is 15.4 Å². The number of nitrogens with two attached hydrogens (primary N) is 1. The molecule has 2 heterocycles. The van der Waals surface area contributed by atoms with Crippen molar-refractivity contribution in [1.82, 2.24) is 15.5 Å². The summed E-state index contributed by atoms with van der Waals surface area (Å²) in [6.45, 7) is 4.15. The fraction of sp³-hybridized carbons (Fsp3) is 0.462. The van der Waals surface area contributed by atoms with Crippen molar-refractivity contribution >= 4 is 33.1 Å². The number of hydrogen-bond donors (Lipinski definition) is 2. The Labute approximate surface area is 116 Å². The lowest BCUT2D eigenvalue weighted by Gasteiger charge is -2.12. The number of anilines is 1. The van der Waals surface area contributed by atoms with E-state index in [9.17, 15) is 4.79 Å². The minimum absolute atomic E-state index is 0.121. The number of nitrogens with zero attached hydrogens (tertiary/aromatic N) is 2. The largest absolute Gasteiger partial charge is 0.397 e. The van der Waals surface area contributed by atoms with Gasteiger partial charge in [0.15, 0.2) is 0 Å². The molecule has 2 aromatic heterocycles. The van der Waals surface area contributed by atoms with Gasteiger partial charge in [0.1, 0.15) is 9.71 Å². The van der Waals surface area contributed by atoms with Gasteiger partial charge < -0.3 is 11.1 Å². The van der Waals surface area contributed by atoms with Crippen LogP contribution in [0, 0.1) is 0 Å². The Bertz CT molecular complexity index is 581. The quantitative estimate of drug-likeness (QED) is 0.880. The molecule has 0 fully saturated rings. The number of thiophene rings is 1. The maximum absolute atomic E-state index is 12.2. The Balaban J connectivity index is 2.15. The second kappa shape index (κ2) is 5.97. The molecule has 19 heavy (non-hydrogen) atoms. The molecule has 6 heteroatoms. The highest BCUT2D eigenvalue weighted by atomic mass is 32.1. The maximum atomic E-state index is 12.2. The lowest BCUT2D eigenvalue weighted by Crippen LogP contribution is -2.32. The molecule has 0 spiro atoms. The molecule has 0 saturated heterocycles. The molecule has 3 N–H and O–H groups in total. The van der Waals surface area contributed by atoms with E-state index < -0.39 is 0 Å². The average molecular weight is 278 g/mol. The third-order valence-corrected chi connectivity index (χ3v) is 4.10. The second-order valence-corrected chi connectivity index (χ2v) is 5.61. The molecule has 0 aliphatic heterocycles. The third kappa shape index (κ3) is 3.01. The summed E-state index contributed by atoms with van der Waals surface area (Å²) in [6, 6.07) is 1.94. The molecular formula is C13H18N4OS. The van der Waals surface area contributed by atoms with Crippen molar-refractivity contribution in [2.24, 2.45) is 0 Å². The Morgan fingerprint density at radius 3 is 3.05 bits per heavy atom. The van der Waals surface area contributed by atoms with Gasteiger partial charge in [-0.2, -0.15) is 5.10 Å². The summed E-state index contributed by atoms with van der Waals surface area (Å²) in [7, 11) is 0. The lowest BCUT2D eigenvalue weighted by atomic mass is 10.1. The monoisotopic (exact) mass is 278 g/mol. The highest BCUT2D eigenvalue weighted by Gasteiger charge is 2.18. The van der Waals surface area contributed by atoms with Crippen molar-refractivity contribution in [3.05, 3.63) is 17.1 Å². The standard InChI is InChI=1S/C13H18N4OS/c1-3-4-5-8(2)16-12(18)11-10(14)9-6-7-15-17-13(9)19-11/h6-8H,3-5,14H2,1-2H3,(H,16,18). The Kier molecular flexibility index (Phi) is 4.31. The van der Waals surface area contributed by atoms with E-state index in [4.69, 9.17) is 5.73 Å². The summed E-state index contributed by atoms with van der Waals surface area (Å²) >= 11 is 1.29. The van der Waals surface area contributed by atoms with Gasteiger partial charge in [-0.1, -0.05) is 19.8 Å². The summed E-state index contributed by atoms with van der Waals surface area (Å²) in [5.41, 5.74) is 6.49. The molecule has 1 atom stereocenters. The van der Waals surface area contributed by atoms with Crippen molar-refractivity contribution < 1.29 is 4.79 Å². The molecule has 0 bridgehead atoms. The first-order chi connectivity index (χ1) is 9.13. The number of carbonyl (C=O) groups excluding carboxylic acids is 1. The fourth-order valence-corrected chi connectivity index (χ4v) is 2.85. The topological polar surface area (TPSA) is 80.9 Å². The highest BCUT2D eigenvalue weighted by molar-refractivity contribution is 7.21. The number of amides is 1. The summed E-state index contributed by atoms with van der Waals surface area (Å²) in [5.74, 6) is -0.121. The van der Waals surface area contributed by atoms with Gasteiger partial charge in [-0.05, 0) is 19.4 Å². The first-order valence-corrected chi connectivity index (χ1v) is 7.25. The van der Waals surface area contributed by atoms with Gasteiger partial charge in [0, 0.05) is 11.4 Å². The van der Waals surface area contributed by atoms with Gasteiger partial charge in [-0.25, -0.2) is 0 Å². The van der Waals surface area contributed by atoms with Crippen LogP contribution in [0.4, 0.5) is 5.69 Å². The molecule has 0 aromatic carbocycles. The number of aromatic nitrogens is 2. The molecule has 0 aliphatic carbocycles. The normalized spacial score (nSPS) is 12.5. The van der Waals surface area contributed by atoms with Crippen LogP contribution >= 0.6 is 11.3 Å². The maximum Gasteiger partial charge on any atom is 0.263 e. The van der Waals surface area contributed by atoms with Crippen LogP contribution in [0.25, 0.3) is 10.2 Å². The molecule has 102 valence electrons. The summed E-state index contributed by atoms with van der Waals surface area (Å²) in [5, 5.41) is 11.6. The molecule has 2 rings (SSSR count). The number of carbonyl (C=O) groups is 1. The molecular weight excluding hydrogens is 260 g/mol. The lowest BCUT2D eigenvalue weighted by molar-refractivity contribution is 0.0943. The number of fused-ring (bicyclic) bond motifs is 1. The van der Waals surface area contributed by atoms with E-state index >= 15 is 0 Å². The van der Waals surface area contributed by atoms with Crippen molar-refractivity contribution in [2.75, 3.05) is 5.73 Å². The SMILES string of the molecule is CCCCC(C)NC(=O)c1sc2nnccc2c1N. The van der Waals surface area contributed by atoms with E-state index in [-0.39, 0.29) is 11.9 Å². The second-order valence-electron chi connectivity index (χ2n) is 4.61. The van der Waals surface area contributed by atoms with Crippen LogP contribution in [0.5, 0.6) is 0 Å². The van der Waals surface area contributed by atoms with Gasteiger partial charge in [0.2, 0.25) is 0 Å². The summed E-state index contributed by atoms with van der Waals surface area (Å²) in [4.78, 5) is 13.4. The molecule has 0 saturated carbocycles. The van der Waals surface area contributed by atoms with Crippen LogP contribution in [-0.2, 0) is 0 Å². The van der Waals surface area contributed by atoms with Crippen molar-refractivity contribution in [2.45, 2.75) is 39.2 Å². The van der Waals surface area contributed by atoms with E-state index in [2.05, 4.69) is 22.4 Å². The van der Waals surface area contributed by atoms with Crippen LogP contribution in [0.2, 0.25) is 0 Å². The molecule has 0 aliphatic rings. The third-order valence-electron chi connectivity index (χ3n) is 2.99. The first-order valence-electron chi connectivity index (χ1n) is 6.44. The Hall–Kier alpha value is -1.69. The van der Waals surface area contributed by atoms with Gasteiger partial charge in [-0.3, -0.25) is 4.79 Å². The molecule has 1 unspecified atom stereocenters. The minimum atomic E-state index is -0.121. The Morgan fingerprint density at radius 2 is 2.37 bits per heavy atom. The zero-order valence-electron chi connectivity index (χ0n) is 11.1. The zero-order chi connectivity index (χ0) is 13.8. The number of unbranched alkanes of at least 4 members (excludes halogenated alkanes) is 1. The summed E-state index contributed by atoms with van der Waals surface area (Å²) < 4.78 is 0. The van der Waals surface area contributed by atoms with Crippen molar-refractivity contribution in [3.8, 4) is 0 Å². The van der Waals surface area contributed by atoms with E-state index in [1.165, 1.54) is 11.3 Å². The molecule has 0 radical (unpaired) electrons. The van der Waals surface area contributed by atoms with Crippen LogP contribution in [0.3, 0.4) is 0 Å². The fourth-order valence-electron chi connectivity index (χ4n) is 1.91. The number of nitrogen functional groups attached to an aromatic ring is 1. The van der Waals surface area contributed by atoms with E-state index in [1.54, 1.807) is 12.3 Å². The van der Waals surface area contributed by atoms with E-state index in [1.807, 2.05) is 6.92 Å². The van der Waals surface area contributed by atoms with Gasteiger partial charge in [0.25, 0.3) is 5.91 Å². The predicted molar refractivity (Wildman–Crippen MR) is 78.3 cm³/mol.